The van der Waals surface area contributed by atoms with Crippen molar-refractivity contribution >= 4 is 0 Å². The van der Waals surface area contributed by atoms with Gasteiger partial charge in [0.1, 0.15) is 6.23 Å². The van der Waals surface area contributed by atoms with Gasteiger partial charge in [0.2, 0.25) is 1.43 Å². The van der Waals surface area contributed by atoms with Crippen LogP contribution in [0, 0.1) is 10.4 Å². The summed E-state index contributed by atoms with van der Waals surface area (Å²) in [5.41, 5.74) is -0.193. The average Bonchev–Trinajstić information content (AvgIpc) is 2.20. The molecule has 0 aliphatic rings. The molecule has 0 spiro atoms. The molecule has 15 heavy (non-hydrogen) atoms. The molecule has 84 valence electrons. The number of nitrogens with zero attached hydrogens (tertiary/aromatic N) is 2. The van der Waals surface area contributed by atoms with Gasteiger partial charge in [-0.25, -0.2) is 0 Å². The van der Waals surface area contributed by atoms with Crippen molar-refractivity contribution in [1.82, 2.24) is 5.06 Å². The summed E-state index contributed by atoms with van der Waals surface area (Å²) in [6.45, 7) is 5.17. The molecule has 0 radical (unpaired) electrons. The predicted octanol–water partition coefficient (Wildman–Crippen LogP) is 0.909. The highest BCUT2D eigenvalue weighted by atomic mass is 16.5. The fraction of sp³-hybridized carbons (Fsp3) is 0.500. The summed E-state index contributed by atoms with van der Waals surface area (Å²) in [6, 6.07) is 2.92. The van der Waals surface area contributed by atoms with Gasteiger partial charge in [0.25, 0.3) is 0 Å². The van der Waals surface area contributed by atoms with Gasteiger partial charge in [-0.1, -0.05) is 0 Å². The van der Waals surface area contributed by atoms with E-state index < -0.39 is 11.8 Å². The third kappa shape index (κ3) is 2.89. The van der Waals surface area contributed by atoms with Crippen molar-refractivity contribution in [2.75, 3.05) is 0 Å². The molecule has 0 aliphatic carbocycles. The third-order valence-corrected chi connectivity index (χ3v) is 1.99. The highest BCUT2D eigenvalue weighted by molar-refractivity contribution is 5.11. The molecule has 1 aromatic rings. The van der Waals surface area contributed by atoms with Crippen LogP contribution in [0.1, 0.15) is 32.6 Å². The topological polar surface area (TPSA) is 73.5 Å². The molecule has 1 atom stereocenters. The Labute approximate surface area is 90.2 Å². The van der Waals surface area contributed by atoms with Crippen molar-refractivity contribution in [3.63, 3.8) is 0 Å². The van der Waals surface area contributed by atoms with Crippen molar-refractivity contribution in [2.24, 2.45) is 0 Å². The molecule has 0 aliphatic heterocycles. The van der Waals surface area contributed by atoms with Crippen molar-refractivity contribution in [3.8, 4) is 0 Å². The monoisotopic (exact) mass is 212 g/mol. The van der Waals surface area contributed by atoms with Crippen molar-refractivity contribution in [3.05, 3.63) is 40.5 Å². The maximum atomic E-state index is 11.9. The van der Waals surface area contributed by atoms with Crippen LogP contribution >= 0.6 is 0 Å². The van der Waals surface area contributed by atoms with Crippen molar-refractivity contribution < 1.29 is 9.84 Å². The summed E-state index contributed by atoms with van der Waals surface area (Å²) < 4.78 is 7.54. The number of hydrogen-bond donors (Lipinski definition) is 1. The Kier molecular flexibility index (Phi) is 2.86. The summed E-state index contributed by atoms with van der Waals surface area (Å²) in [5, 5.41) is 27.8. The van der Waals surface area contributed by atoms with Gasteiger partial charge in [-0.15, -0.1) is 0 Å². The van der Waals surface area contributed by atoms with E-state index in [9.17, 15) is 10.4 Å². The van der Waals surface area contributed by atoms with Gasteiger partial charge in [-0.2, -0.15) is 4.73 Å². The maximum Gasteiger partial charge on any atom is 0.213 e. The second-order valence-corrected chi connectivity index (χ2v) is 4.34. The largest absolute Gasteiger partial charge is 0.783 e. The number of pyridine rings is 1. The van der Waals surface area contributed by atoms with E-state index in [1.165, 1.54) is 24.5 Å². The molecular weight excluding hydrogens is 196 g/mol. The SMILES string of the molecule is [2H]OC(c1cc[n+]([O-])cc1)N([O-])C(C)(C)C. The van der Waals surface area contributed by atoms with E-state index in [0.29, 0.717) is 15.4 Å². The lowest BCUT2D eigenvalue weighted by Crippen LogP contribution is -2.39. The number of aromatic nitrogens is 1. The summed E-state index contributed by atoms with van der Waals surface area (Å²) in [7, 11) is 0. The minimum Gasteiger partial charge on any atom is -0.783 e. The summed E-state index contributed by atoms with van der Waals surface area (Å²) >= 11 is 0. The Balaban J connectivity index is 2.94. The lowest BCUT2D eigenvalue weighted by Gasteiger charge is -2.44. The molecule has 5 nitrogen and oxygen atoms in total. The molecule has 1 N–H and O–H groups in total. The first kappa shape index (κ1) is 10.4. The van der Waals surface area contributed by atoms with Crippen LogP contribution in [0.4, 0.5) is 0 Å². The molecular formula is C10H15N2O3-. The van der Waals surface area contributed by atoms with Gasteiger partial charge >= 0.3 is 0 Å². The fourth-order valence-electron chi connectivity index (χ4n) is 1.08. The Morgan fingerprint density at radius 3 is 2.40 bits per heavy atom. The zero-order chi connectivity index (χ0) is 12.3. The zero-order valence-electron chi connectivity index (χ0n) is 10.0. The first-order valence-electron chi connectivity index (χ1n) is 5.04. The minimum atomic E-state index is -1.03. The van der Waals surface area contributed by atoms with Crippen LogP contribution in [-0.2, 0) is 0 Å². The van der Waals surface area contributed by atoms with Crippen LogP contribution in [0.2, 0.25) is 0 Å². The quantitative estimate of drug-likeness (QED) is 0.350. The fourth-order valence-corrected chi connectivity index (χ4v) is 1.08. The average molecular weight is 212 g/mol. The molecule has 1 aromatic heterocycles. The van der Waals surface area contributed by atoms with E-state index in [-0.39, 0.29) is 0 Å². The van der Waals surface area contributed by atoms with Crippen LogP contribution in [-0.4, -0.2) is 17.1 Å². The highest BCUT2D eigenvalue weighted by Gasteiger charge is 2.20. The first-order valence-corrected chi connectivity index (χ1v) is 4.63. The molecule has 0 amide bonds. The van der Waals surface area contributed by atoms with Crippen LogP contribution in [0.15, 0.2) is 24.5 Å². The second-order valence-electron chi connectivity index (χ2n) is 4.34. The van der Waals surface area contributed by atoms with Gasteiger partial charge in [-0.05, 0) is 20.8 Å². The van der Waals surface area contributed by atoms with E-state index in [2.05, 4.69) is 5.11 Å². The molecule has 0 aromatic carbocycles. The summed E-state index contributed by atoms with van der Waals surface area (Å²) in [5.74, 6) is 0. The first-order chi connectivity index (χ1) is 7.36. The van der Waals surface area contributed by atoms with E-state index in [0.717, 1.165) is 0 Å². The molecule has 1 rings (SSSR count). The second kappa shape index (κ2) is 4.14. The van der Waals surface area contributed by atoms with Crippen LogP contribution in [0.5, 0.6) is 0 Å². The zero-order valence-corrected chi connectivity index (χ0v) is 9.01. The van der Waals surface area contributed by atoms with Crippen molar-refractivity contribution in [2.45, 2.75) is 32.5 Å². The highest BCUT2D eigenvalue weighted by Crippen LogP contribution is 2.23. The van der Waals surface area contributed by atoms with Gasteiger partial charge < -0.3 is 20.6 Å². The van der Waals surface area contributed by atoms with Crippen LogP contribution in [0.3, 0.4) is 0 Å². The lowest BCUT2D eigenvalue weighted by molar-refractivity contribution is -0.605. The molecule has 0 saturated heterocycles. The molecule has 1 unspecified atom stereocenters. The number of aliphatic hydroxyl groups excluding tert-OH is 1. The van der Waals surface area contributed by atoms with E-state index in [1.807, 2.05) is 0 Å². The molecule has 1 heterocycles. The smallest absolute Gasteiger partial charge is 0.213 e. The normalized spacial score (nSPS) is 15.1. The maximum absolute atomic E-state index is 11.9. The Hall–Kier alpha value is -1.17. The molecule has 0 bridgehead atoms. The van der Waals surface area contributed by atoms with E-state index >= 15 is 0 Å². The Morgan fingerprint density at radius 1 is 1.47 bits per heavy atom. The third-order valence-electron chi connectivity index (χ3n) is 1.99. The number of hydroxylamine groups is 2. The van der Waals surface area contributed by atoms with Crippen molar-refractivity contribution in [1.29, 1.82) is 1.43 Å². The summed E-state index contributed by atoms with van der Waals surface area (Å²) in [6.07, 6.45) is 1.50. The van der Waals surface area contributed by atoms with E-state index in [4.69, 9.17) is 1.43 Å². The Bertz CT molecular complexity index is 337. The minimum absolute atomic E-state index is 0.479. The number of hydrogen-bond acceptors (Lipinski definition) is 4. The van der Waals surface area contributed by atoms with Gasteiger partial charge in [0, 0.05) is 23.2 Å². The predicted molar refractivity (Wildman–Crippen MR) is 55.3 cm³/mol. The van der Waals surface area contributed by atoms with Gasteiger partial charge in [0.05, 0.1) is 0 Å². The van der Waals surface area contributed by atoms with Crippen LogP contribution in [0.25, 0.3) is 0 Å². The van der Waals surface area contributed by atoms with Gasteiger partial charge in [-0.3, -0.25) is 0 Å². The molecule has 0 saturated carbocycles. The molecule has 0 fully saturated rings. The number of rotatable bonds is 3. The lowest BCUT2D eigenvalue weighted by atomic mass is 10.1. The Morgan fingerprint density at radius 2 is 2.00 bits per heavy atom. The summed E-state index contributed by atoms with van der Waals surface area (Å²) in [4.78, 5) is 0. The van der Waals surface area contributed by atoms with E-state index in [1.54, 1.807) is 20.8 Å². The molecule has 5 heteroatoms. The van der Waals surface area contributed by atoms with Crippen LogP contribution < -0.4 is 4.73 Å². The van der Waals surface area contributed by atoms with Gasteiger partial charge in [0.15, 0.2) is 12.4 Å². The number of aliphatic hydroxyl groups is 1. The standard InChI is InChI=1S/C10H15N2O3/c1-10(2,3)12(15)9(13)8-4-6-11(14)7-5-8/h4-7,9,13H,1-3H3/q-1/i13D.